The molecule has 1 heterocycles. The lowest BCUT2D eigenvalue weighted by molar-refractivity contribution is -0.140. The molecule has 0 bridgehead atoms. The van der Waals surface area contributed by atoms with Gasteiger partial charge in [0.2, 0.25) is 5.91 Å². The van der Waals surface area contributed by atoms with Gasteiger partial charge in [0.05, 0.1) is 10.5 Å². The maximum Gasteiger partial charge on any atom is 0.312 e. The number of carbonyl (C=O) groups excluding carboxylic acids is 1. The second-order valence-corrected chi connectivity index (χ2v) is 7.63. The lowest BCUT2D eigenvalue weighted by atomic mass is 10.00. The summed E-state index contributed by atoms with van der Waals surface area (Å²) in [5.41, 5.74) is 2.90. The molecule has 0 aliphatic rings. The predicted octanol–water partition coefficient (Wildman–Crippen LogP) is 2.60. The van der Waals surface area contributed by atoms with Crippen molar-refractivity contribution in [3.63, 3.8) is 0 Å². The number of sulfonamides is 1. The molecule has 2 N–H and O–H groups in total. The van der Waals surface area contributed by atoms with Gasteiger partial charge in [-0.05, 0) is 24.6 Å². The molecule has 0 spiro atoms. The van der Waals surface area contributed by atoms with Gasteiger partial charge in [0.15, 0.2) is 0 Å². The molecule has 2 aromatic carbocycles. The first kappa shape index (κ1) is 19.3. The first-order valence-corrected chi connectivity index (χ1v) is 9.66. The Labute approximate surface area is 160 Å². The van der Waals surface area contributed by atoms with Crippen molar-refractivity contribution < 1.29 is 27.6 Å². The number of nitrogens with zero attached hydrogens (tertiary/aromatic N) is 1. The molecular weight excluding hydrogens is 384 g/mol. The number of amides is 1. The maximum absolute atomic E-state index is 12.2. The van der Waals surface area contributed by atoms with Gasteiger partial charge in [0.1, 0.15) is 17.9 Å². The van der Waals surface area contributed by atoms with E-state index in [1.54, 1.807) is 23.8 Å². The number of carbonyl (C=O) groups is 2. The Hall–Kier alpha value is -3.46. The fourth-order valence-electron chi connectivity index (χ4n) is 2.69. The number of rotatable bonds is 6. The number of aromatic nitrogens is 1. The van der Waals surface area contributed by atoms with E-state index in [0.29, 0.717) is 17.0 Å². The van der Waals surface area contributed by atoms with Gasteiger partial charge in [-0.15, -0.1) is 0 Å². The van der Waals surface area contributed by atoms with Crippen molar-refractivity contribution in [2.45, 2.75) is 18.2 Å². The Morgan fingerprint density at radius 2 is 1.68 bits per heavy atom. The van der Waals surface area contributed by atoms with E-state index in [2.05, 4.69) is 5.16 Å². The normalized spacial score (nSPS) is 11.2. The standard InChI is InChI=1S/C19H16N2O6S/c1-12-18(19(20-27-12)14-5-3-2-4-6-14)13-7-9-15(10-8-13)28(25,26)21-16(22)11-17(23)24/h2-10H,11H2,1H3,(H,21,22)(H,23,24). The van der Waals surface area contributed by atoms with E-state index in [1.807, 2.05) is 30.3 Å². The molecule has 9 heteroatoms. The summed E-state index contributed by atoms with van der Waals surface area (Å²) in [5, 5.41) is 12.7. The third-order valence-corrected chi connectivity index (χ3v) is 5.31. The highest BCUT2D eigenvalue weighted by Gasteiger charge is 2.21. The summed E-state index contributed by atoms with van der Waals surface area (Å²) >= 11 is 0. The third-order valence-electron chi connectivity index (χ3n) is 3.92. The van der Waals surface area contributed by atoms with Gasteiger partial charge < -0.3 is 9.63 Å². The van der Waals surface area contributed by atoms with E-state index in [4.69, 9.17) is 9.63 Å². The molecule has 0 aliphatic heterocycles. The molecule has 1 aromatic heterocycles. The first-order valence-electron chi connectivity index (χ1n) is 8.17. The van der Waals surface area contributed by atoms with Crippen LogP contribution in [0, 0.1) is 6.92 Å². The van der Waals surface area contributed by atoms with E-state index in [-0.39, 0.29) is 4.90 Å². The summed E-state index contributed by atoms with van der Waals surface area (Å²) < 4.78 is 31.5. The van der Waals surface area contributed by atoms with Crippen molar-refractivity contribution in [2.24, 2.45) is 0 Å². The molecule has 144 valence electrons. The van der Waals surface area contributed by atoms with Gasteiger partial charge in [-0.25, -0.2) is 13.1 Å². The monoisotopic (exact) mass is 400 g/mol. The first-order chi connectivity index (χ1) is 13.3. The molecule has 28 heavy (non-hydrogen) atoms. The molecule has 8 nitrogen and oxygen atoms in total. The molecule has 0 radical (unpaired) electrons. The fraction of sp³-hybridized carbons (Fsp3) is 0.105. The van der Waals surface area contributed by atoms with Crippen LogP contribution in [0.25, 0.3) is 22.4 Å². The van der Waals surface area contributed by atoms with Crippen molar-refractivity contribution >= 4 is 21.9 Å². The largest absolute Gasteiger partial charge is 0.481 e. The van der Waals surface area contributed by atoms with Crippen LogP contribution in [0.5, 0.6) is 0 Å². The van der Waals surface area contributed by atoms with Gasteiger partial charge in [0, 0.05) is 5.56 Å². The second-order valence-electron chi connectivity index (χ2n) is 5.95. The molecule has 0 atom stereocenters. The summed E-state index contributed by atoms with van der Waals surface area (Å²) in [6.45, 7) is 1.76. The molecule has 0 unspecified atom stereocenters. The van der Waals surface area contributed by atoms with E-state index in [9.17, 15) is 18.0 Å². The zero-order valence-corrected chi connectivity index (χ0v) is 15.6. The van der Waals surface area contributed by atoms with Crippen LogP contribution >= 0.6 is 0 Å². The van der Waals surface area contributed by atoms with Gasteiger partial charge >= 0.3 is 5.97 Å². The number of nitrogens with one attached hydrogen (secondary N) is 1. The van der Waals surface area contributed by atoms with Gasteiger partial charge in [-0.2, -0.15) is 0 Å². The zero-order chi connectivity index (χ0) is 20.3. The summed E-state index contributed by atoms with van der Waals surface area (Å²) in [6.07, 6.45) is -0.933. The Morgan fingerprint density at radius 3 is 2.29 bits per heavy atom. The second kappa shape index (κ2) is 7.65. The SMILES string of the molecule is Cc1onc(-c2ccccc2)c1-c1ccc(S(=O)(=O)NC(=O)CC(=O)O)cc1. The molecule has 0 saturated heterocycles. The minimum absolute atomic E-state index is 0.162. The predicted molar refractivity (Wildman–Crippen MR) is 99.7 cm³/mol. The van der Waals surface area contributed by atoms with E-state index < -0.39 is 28.3 Å². The maximum atomic E-state index is 12.2. The highest BCUT2D eigenvalue weighted by atomic mass is 32.2. The summed E-state index contributed by atoms with van der Waals surface area (Å²) in [7, 11) is -4.17. The number of carboxylic acid groups (broad SMARTS) is 1. The minimum atomic E-state index is -4.17. The number of aliphatic carboxylic acids is 1. The fourth-order valence-corrected chi connectivity index (χ4v) is 3.67. The number of carboxylic acids is 1. The highest BCUT2D eigenvalue weighted by Crippen LogP contribution is 2.34. The summed E-state index contributed by atoms with van der Waals surface area (Å²) in [4.78, 5) is 21.8. The van der Waals surface area contributed by atoms with Gasteiger partial charge in [0.25, 0.3) is 10.0 Å². The number of hydrogen-bond acceptors (Lipinski definition) is 6. The van der Waals surface area contributed by atoms with Crippen LogP contribution in [0.4, 0.5) is 0 Å². The summed E-state index contributed by atoms with van der Waals surface area (Å²) in [6, 6.07) is 15.2. The van der Waals surface area contributed by atoms with Crippen LogP contribution in [-0.2, 0) is 19.6 Å². The van der Waals surface area contributed by atoms with Crippen molar-refractivity contribution in [3.8, 4) is 22.4 Å². The minimum Gasteiger partial charge on any atom is -0.481 e. The highest BCUT2D eigenvalue weighted by molar-refractivity contribution is 7.90. The zero-order valence-electron chi connectivity index (χ0n) is 14.7. The molecule has 1 amide bonds. The van der Waals surface area contributed by atoms with Gasteiger partial charge in [-0.1, -0.05) is 47.6 Å². The summed E-state index contributed by atoms with van der Waals surface area (Å²) in [5.74, 6) is -1.96. The van der Waals surface area contributed by atoms with Crippen LogP contribution in [-0.4, -0.2) is 30.6 Å². The Bertz CT molecular complexity index is 1120. The Morgan fingerprint density at radius 1 is 1.04 bits per heavy atom. The topological polar surface area (TPSA) is 127 Å². The molecule has 0 aliphatic carbocycles. The lowest BCUT2D eigenvalue weighted by Crippen LogP contribution is -2.31. The van der Waals surface area contributed by atoms with Crippen LogP contribution in [0.3, 0.4) is 0 Å². The van der Waals surface area contributed by atoms with Crippen LogP contribution in [0.2, 0.25) is 0 Å². The Kier molecular flexibility index (Phi) is 5.27. The molecule has 3 rings (SSSR count). The lowest BCUT2D eigenvalue weighted by Gasteiger charge is -2.08. The number of aryl methyl sites for hydroxylation is 1. The van der Waals surface area contributed by atoms with Crippen molar-refractivity contribution in [1.82, 2.24) is 9.88 Å². The van der Waals surface area contributed by atoms with E-state index in [1.165, 1.54) is 12.1 Å². The van der Waals surface area contributed by atoms with Crippen molar-refractivity contribution in [2.75, 3.05) is 0 Å². The van der Waals surface area contributed by atoms with Crippen LogP contribution < -0.4 is 4.72 Å². The van der Waals surface area contributed by atoms with Crippen molar-refractivity contribution in [3.05, 3.63) is 60.4 Å². The smallest absolute Gasteiger partial charge is 0.312 e. The quantitative estimate of drug-likeness (QED) is 0.609. The van der Waals surface area contributed by atoms with Gasteiger partial charge in [-0.3, -0.25) is 9.59 Å². The molecular formula is C19H16N2O6S. The Balaban J connectivity index is 1.91. The van der Waals surface area contributed by atoms with Crippen LogP contribution in [0.1, 0.15) is 12.2 Å². The van der Waals surface area contributed by atoms with Crippen molar-refractivity contribution in [1.29, 1.82) is 0 Å². The van der Waals surface area contributed by atoms with E-state index in [0.717, 1.165) is 11.1 Å². The molecule has 0 fully saturated rings. The molecule has 3 aromatic rings. The average molecular weight is 400 g/mol. The number of benzene rings is 2. The van der Waals surface area contributed by atoms with E-state index >= 15 is 0 Å². The third kappa shape index (κ3) is 4.09. The van der Waals surface area contributed by atoms with Crippen LogP contribution in [0.15, 0.2) is 64.0 Å². The molecule has 0 saturated carbocycles. The number of hydrogen-bond donors (Lipinski definition) is 2. The average Bonchev–Trinajstić information content (AvgIpc) is 3.03.